The number of anilines is 1. The average molecular weight is 287 g/mol. The van der Waals surface area contributed by atoms with E-state index < -0.39 is 0 Å². The Morgan fingerprint density at radius 1 is 1.47 bits per heavy atom. The monoisotopic (exact) mass is 286 g/mol. The summed E-state index contributed by atoms with van der Waals surface area (Å²) in [6.07, 6.45) is 1.65. The van der Waals surface area contributed by atoms with Crippen LogP contribution in [0.25, 0.3) is 0 Å². The van der Waals surface area contributed by atoms with Gasteiger partial charge in [0.1, 0.15) is 5.82 Å². The summed E-state index contributed by atoms with van der Waals surface area (Å²) < 4.78 is 0. The van der Waals surface area contributed by atoms with Gasteiger partial charge in [-0.25, -0.2) is 4.98 Å². The molecule has 0 aliphatic carbocycles. The minimum atomic E-state index is 0.404. The molecule has 0 atom stereocenters. The first-order valence-electron chi connectivity index (χ1n) is 5.14. The molecule has 0 aliphatic rings. The van der Waals surface area contributed by atoms with E-state index in [4.69, 9.17) is 23.2 Å². The third-order valence-electron chi connectivity index (χ3n) is 2.43. The molecule has 0 aromatic carbocycles. The van der Waals surface area contributed by atoms with Crippen LogP contribution in [0.1, 0.15) is 10.4 Å². The molecule has 2 rings (SSSR count). The molecule has 0 radical (unpaired) electrons. The topological polar surface area (TPSA) is 16.1 Å². The summed E-state index contributed by atoms with van der Waals surface area (Å²) in [4.78, 5) is 7.69. The number of rotatable bonds is 4. The molecule has 0 unspecified atom stereocenters. The van der Waals surface area contributed by atoms with E-state index in [0.29, 0.717) is 10.9 Å². The molecule has 0 aliphatic heterocycles. The smallest absolute Gasteiger partial charge is 0.128 e. The molecule has 0 saturated carbocycles. The van der Waals surface area contributed by atoms with Crippen LogP contribution in [-0.2, 0) is 12.4 Å². The second-order valence-corrected chi connectivity index (χ2v) is 5.41. The zero-order valence-electron chi connectivity index (χ0n) is 9.36. The first-order chi connectivity index (χ1) is 8.20. The molecule has 2 aromatic rings. The third kappa shape index (κ3) is 3.12. The minimum Gasteiger partial charge on any atom is -0.355 e. The second kappa shape index (κ2) is 5.71. The summed E-state index contributed by atoms with van der Waals surface area (Å²) in [6, 6.07) is 6.09. The van der Waals surface area contributed by atoms with Crippen molar-refractivity contribution in [1.82, 2.24) is 4.98 Å². The Hall–Kier alpha value is -0.770. The maximum atomic E-state index is 5.98. The number of hydrogen-bond acceptors (Lipinski definition) is 3. The van der Waals surface area contributed by atoms with E-state index in [0.717, 1.165) is 17.9 Å². The summed E-state index contributed by atoms with van der Waals surface area (Å²) >= 11 is 13.5. The van der Waals surface area contributed by atoms with Crippen LogP contribution in [0.3, 0.4) is 0 Å². The van der Waals surface area contributed by atoms with Gasteiger partial charge in [0, 0.05) is 24.0 Å². The SMILES string of the molecule is CN(Cc1cccs1)c1cc(CCl)c(Cl)cn1. The van der Waals surface area contributed by atoms with Crippen LogP contribution in [0.2, 0.25) is 5.02 Å². The molecule has 90 valence electrons. The van der Waals surface area contributed by atoms with Crippen molar-refractivity contribution in [1.29, 1.82) is 0 Å². The van der Waals surface area contributed by atoms with Gasteiger partial charge in [-0.3, -0.25) is 0 Å². The number of aromatic nitrogens is 1. The van der Waals surface area contributed by atoms with Crippen LogP contribution in [0.4, 0.5) is 5.82 Å². The van der Waals surface area contributed by atoms with Crippen molar-refractivity contribution in [3.05, 3.63) is 45.2 Å². The van der Waals surface area contributed by atoms with Gasteiger partial charge in [0.2, 0.25) is 0 Å². The lowest BCUT2D eigenvalue weighted by Gasteiger charge is -2.18. The lowest BCUT2D eigenvalue weighted by atomic mass is 10.3. The molecular formula is C12H12Cl2N2S. The van der Waals surface area contributed by atoms with E-state index in [-0.39, 0.29) is 0 Å². The number of alkyl halides is 1. The first-order valence-corrected chi connectivity index (χ1v) is 6.94. The third-order valence-corrected chi connectivity index (χ3v) is 3.92. The number of thiophene rings is 1. The number of nitrogens with zero attached hydrogens (tertiary/aromatic N) is 2. The standard InChI is InChI=1S/C12H12Cl2N2S/c1-16(8-10-3-2-4-17-10)12-5-9(6-13)11(14)7-15-12/h2-5,7H,6,8H2,1H3. The largest absolute Gasteiger partial charge is 0.355 e. The van der Waals surface area contributed by atoms with E-state index in [2.05, 4.69) is 21.3 Å². The van der Waals surface area contributed by atoms with Crippen molar-refractivity contribution in [2.24, 2.45) is 0 Å². The number of hydrogen-bond donors (Lipinski definition) is 0. The van der Waals surface area contributed by atoms with Crippen LogP contribution in [0, 0.1) is 0 Å². The Kier molecular flexibility index (Phi) is 4.26. The van der Waals surface area contributed by atoms with Crippen LogP contribution in [0.5, 0.6) is 0 Å². The molecule has 0 spiro atoms. The molecule has 0 N–H and O–H groups in total. The minimum absolute atomic E-state index is 0.404. The second-order valence-electron chi connectivity index (χ2n) is 3.70. The molecular weight excluding hydrogens is 275 g/mol. The van der Waals surface area contributed by atoms with Gasteiger partial charge in [0.15, 0.2) is 0 Å². The fourth-order valence-electron chi connectivity index (χ4n) is 1.50. The molecule has 0 fully saturated rings. The molecule has 2 heterocycles. The zero-order chi connectivity index (χ0) is 12.3. The van der Waals surface area contributed by atoms with E-state index in [1.54, 1.807) is 17.5 Å². The summed E-state index contributed by atoms with van der Waals surface area (Å²) in [5.74, 6) is 1.29. The Labute approximate surface area is 115 Å². The van der Waals surface area contributed by atoms with Crippen molar-refractivity contribution in [3.63, 3.8) is 0 Å². The molecule has 2 nitrogen and oxygen atoms in total. The quantitative estimate of drug-likeness (QED) is 0.784. The van der Waals surface area contributed by atoms with E-state index >= 15 is 0 Å². The predicted molar refractivity (Wildman–Crippen MR) is 75.2 cm³/mol. The Bertz CT molecular complexity index is 485. The molecule has 2 aromatic heterocycles. The fraction of sp³-hybridized carbons (Fsp3) is 0.250. The summed E-state index contributed by atoms with van der Waals surface area (Å²) in [5, 5.41) is 2.69. The van der Waals surface area contributed by atoms with Gasteiger partial charge in [0.25, 0.3) is 0 Å². The van der Waals surface area contributed by atoms with Crippen molar-refractivity contribution in [3.8, 4) is 0 Å². The highest BCUT2D eigenvalue weighted by molar-refractivity contribution is 7.09. The Morgan fingerprint density at radius 2 is 2.29 bits per heavy atom. The maximum Gasteiger partial charge on any atom is 0.128 e. The van der Waals surface area contributed by atoms with Crippen molar-refractivity contribution >= 4 is 40.4 Å². The maximum absolute atomic E-state index is 5.98. The van der Waals surface area contributed by atoms with E-state index in [1.807, 2.05) is 19.2 Å². The lowest BCUT2D eigenvalue weighted by molar-refractivity contribution is 0.910. The van der Waals surface area contributed by atoms with Gasteiger partial charge < -0.3 is 4.90 Å². The van der Waals surface area contributed by atoms with E-state index in [9.17, 15) is 0 Å². The summed E-state index contributed by atoms with van der Waals surface area (Å²) in [6.45, 7) is 0.841. The van der Waals surface area contributed by atoms with Crippen molar-refractivity contribution < 1.29 is 0 Å². The highest BCUT2D eigenvalue weighted by atomic mass is 35.5. The van der Waals surface area contributed by atoms with E-state index in [1.165, 1.54) is 4.88 Å². The molecule has 5 heteroatoms. The van der Waals surface area contributed by atoms with Crippen LogP contribution in [0.15, 0.2) is 29.8 Å². The fourth-order valence-corrected chi connectivity index (χ4v) is 2.71. The van der Waals surface area contributed by atoms with Gasteiger partial charge in [-0.05, 0) is 23.1 Å². The normalized spacial score (nSPS) is 10.5. The first kappa shape index (κ1) is 12.7. The predicted octanol–water partition coefficient (Wildman–Crippen LogP) is 4.17. The Balaban J connectivity index is 2.16. The van der Waals surface area contributed by atoms with Crippen LogP contribution in [-0.4, -0.2) is 12.0 Å². The lowest BCUT2D eigenvalue weighted by Crippen LogP contribution is -2.17. The van der Waals surface area contributed by atoms with Gasteiger partial charge in [0.05, 0.1) is 11.6 Å². The van der Waals surface area contributed by atoms with Crippen LogP contribution < -0.4 is 4.90 Å². The molecule has 17 heavy (non-hydrogen) atoms. The average Bonchev–Trinajstić information content (AvgIpc) is 2.82. The zero-order valence-corrected chi connectivity index (χ0v) is 11.7. The number of halogens is 2. The van der Waals surface area contributed by atoms with Crippen LogP contribution >= 0.6 is 34.5 Å². The molecule has 0 saturated heterocycles. The van der Waals surface area contributed by atoms with Gasteiger partial charge in [-0.2, -0.15) is 0 Å². The number of pyridine rings is 1. The highest BCUT2D eigenvalue weighted by Crippen LogP contribution is 2.23. The van der Waals surface area contributed by atoms with Gasteiger partial charge in [-0.1, -0.05) is 17.7 Å². The van der Waals surface area contributed by atoms with Crippen molar-refractivity contribution in [2.75, 3.05) is 11.9 Å². The summed E-state index contributed by atoms with van der Waals surface area (Å²) in [5.41, 5.74) is 0.913. The molecule has 0 bridgehead atoms. The summed E-state index contributed by atoms with van der Waals surface area (Å²) in [7, 11) is 2.01. The Morgan fingerprint density at radius 3 is 2.94 bits per heavy atom. The van der Waals surface area contributed by atoms with Gasteiger partial charge >= 0.3 is 0 Å². The van der Waals surface area contributed by atoms with Gasteiger partial charge in [-0.15, -0.1) is 22.9 Å². The highest BCUT2D eigenvalue weighted by Gasteiger charge is 2.07. The van der Waals surface area contributed by atoms with Crippen molar-refractivity contribution in [2.45, 2.75) is 12.4 Å². The molecule has 0 amide bonds.